The van der Waals surface area contributed by atoms with Gasteiger partial charge >= 0.3 is 0 Å². The predicted octanol–water partition coefficient (Wildman–Crippen LogP) is 1.13. The Labute approximate surface area is 101 Å². The Morgan fingerprint density at radius 1 is 1.56 bits per heavy atom. The van der Waals surface area contributed by atoms with Crippen LogP contribution in [0.3, 0.4) is 0 Å². The number of nitrogens with one attached hydrogen (secondary N) is 1. The fourth-order valence-electron chi connectivity index (χ4n) is 1.93. The van der Waals surface area contributed by atoms with Gasteiger partial charge in [-0.1, -0.05) is 6.92 Å². The summed E-state index contributed by atoms with van der Waals surface area (Å²) in [5, 5.41) is 2.78. The van der Waals surface area contributed by atoms with E-state index >= 15 is 0 Å². The van der Waals surface area contributed by atoms with Crippen LogP contribution in [-0.2, 0) is 9.59 Å². The second-order valence-electron chi connectivity index (χ2n) is 3.95. The summed E-state index contributed by atoms with van der Waals surface area (Å²) in [7, 11) is 0. The van der Waals surface area contributed by atoms with Crippen LogP contribution in [-0.4, -0.2) is 41.7 Å². The smallest absolute Gasteiger partial charge is 0.242 e. The van der Waals surface area contributed by atoms with Gasteiger partial charge in [-0.05, 0) is 19.3 Å². The zero-order chi connectivity index (χ0) is 12.0. The maximum Gasteiger partial charge on any atom is 0.242 e. The minimum Gasteiger partial charge on any atom is -0.353 e. The summed E-state index contributed by atoms with van der Waals surface area (Å²) in [6, 6.07) is -0.280. The third kappa shape index (κ3) is 3.37. The zero-order valence-corrected chi connectivity index (χ0v) is 10.4. The van der Waals surface area contributed by atoms with Crippen molar-refractivity contribution in [1.29, 1.82) is 0 Å². The predicted molar refractivity (Wildman–Crippen MR) is 63.4 cm³/mol. The Morgan fingerprint density at radius 2 is 2.31 bits per heavy atom. The highest BCUT2D eigenvalue weighted by molar-refractivity contribution is 6.17. The van der Waals surface area contributed by atoms with Crippen molar-refractivity contribution in [3.63, 3.8) is 0 Å². The standard InChI is InChI=1S/C11H19ClN2O2/c1-2-9-11(16)13-7-8-14(9)10(15)5-3-4-6-12/h9H,2-8H2,1H3,(H,13,16). The minimum absolute atomic E-state index is 0.0283. The van der Waals surface area contributed by atoms with Crippen LogP contribution in [0.4, 0.5) is 0 Å². The van der Waals surface area contributed by atoms with E-state index in [9.17, 15) is 9.59 Å². The fraction of sp³-hybridized carbons (Fsp3) is 0.818. The molecule has 0 aliphatic carbocycles. The summed E-state index contributed by atoms with van der Waals surface area (Å²) >= 11 is 5.56. The Hall–Kier alpha value is -0.770. The number of amides is 2. The molecule has 0 aromatic carbocycles. The number of alkyl halides is 1. The highest BCUT2D eigenvalue weighted by atomic mass is 35.5. The van der Waals surface area contributed by atoms with Gasteiger partial charge in [-0.3, -0.25) is 9.59 Å². The first-order valence-electron chi connectivity index (χ1n) is 5.83. The molecule has 0 radical (unpaired) electrons. The second kappa shape index (κ2) is 6.74. The SMILES string of the molecule is CCC1C(=O)NCCN1C(=O)CCCCCl. The van der Waals surface area contributed by atoms with Crippen molar-refractivity contribution >= 4 is 23.4 Å². The van der Waals surface area contributed by atoms with Crippen molar-refractivity contribution in [3.8, 4) is 0 Å². The van der Waals surface area contributed by atoms with Crippen LogP contribution < -0.4 is 5.32 Å². The van der Waals surface area contributed by atoms with Crippen LogP contribution in [0, 0.1) is 0 Å². The third-order valence-corrected chi connectivity index (χ3v) is 3.08. The molecule has 1 N–H and O–H groups in total. The molecule has 92 valence electrons. The summed E-state index contributed by atoms with van der Waals surface area (Å²) in [5.74, 6) is 0.636. The number of unbranched alkanes of at least 4 members (excludes halogenated alkanes) is 1. The first kappa shape index (κ1) is 13.3. The number of carbonyl (C=O) groups is 2. The number of piperazine rings is 1. The van der Waals surface area contributed by atoms with Crippen LogP contribution in [0.2, 0.25) is 0 Å². The normalized spacial score (nSPS) is 20.8. The number of halogens is 1. The van der Waals surface area contributed by atoms with E-state index in [4.69, 9.17) is 11.6 Å². The van der Waals surface area contributed by atoms with Crippen molar-refractivity contribution < 1.29 is 9.59 Å². The monoisotopic (exact) mass is 246 g/mol. The van der Waals surface area contributed by atoms with Gasteiger partial charge in [0, 0.05) is 25.4 Å². The summed E-state index contributed by atoms with van der Waals surface area (Å²) in [6.45, 7) is 3.12. The van der Waals surface area contributed by atoms with Crippen LogP contribution in [0.15, 0.2) is 0 Å². The Bertz CT molecular complexity index is 258. The Kier molecular flexibility index (Phi) is 5.60. The third-order valence-electron chi connectivity index (χ3n) is 2.81. The molecule has 0 aromatic heterocycles. The molecule has 0 aromatic rings. The average molecular weight is 247 g/mol. The van der Waals surface area contributed by atoms with Crippen LogP contribution >= 0.6 is 11.6 Å². The Balaban J connectivity index is 2.48. The first-order valence-corrected chi connectivity index (χ1v) is 6.37. The van der Waals surface area contributed by atoms with Gasteiger partial charge in [-0.2, -0.15) is 0 Å². The molecule has 2 amide bonds. The zero-order valence-electron chi connectivity index (χ0n) is 9.67. The quantitative estimate of drug-likeness (QED) is 0.584. The largest absolute Gasteiger partial charge is 0.353 e. The van der Waals surface area contributed by atoms with E-state index in [0.29, 0.717) is 31.8 Å². The van der Waals surface area contributed by atoms with Crippen LogP contribution in [0.5, 0.6) is 0 Å². The first-order chi connectivity index (χ1) is 7.70. The lowest BCUT2D eigenvalue weighted by atomic mass is 10.1. The molecule has 1 atom stereocenters. The molecule has 1 aliphatic rings. The number of rotatable bonds is 5. The second-order valence-corrected chi connectivity index (χ2v) is 4.33. The molecule has 1 rings (SSSR count). The summed E-state index contributed by atoms with van der Waals surface area (Å²) in [5.41, 5.74) is 0. The fourth-order valence-corrected chi connectivity index (χ4v) is 2.12. The van der Waals surface area contributed by atoms with Crippen molar-refractivity contribution in [2.45, 2.75) is 38.6 Å². The van der Waals surface area contributed by atoms with Crippen molar-refractivity contribution in [3.05, 3.63) is 0 Å². The van der Waals surface area contributed by atoms with Crippen LogP contribution in [0.25, 0.3) is 0 Å². The average Bonchev–Trinajstić information content (AvgIpc) is 2.29. The molecule has 1 unspecified atom stereocenters. The van der Waals surface area contributed by atoms with E-state index in [0.717, 1.165) is 12.8 Å². The molecule has 0 spiro atoms. The molecular weight excluding hydrogens is 228 g/mol. The number of carbonyl (C=O) groups excluding carboxylic acids is 2. The van der Waals surface area contributed by atoms with E-state index in [1.54, 1.807) is 4.90 Å². The Morgan fingerprint density at radius 3 is 2.94 bits per heavy atom. The van der Waals surface area contributed by atoms with Gasteiger partial charge in [0.1, 0.15) is 6.04 Å². The molecule has 0 saturated carbocycles. The topological polar surface area (TPSA) is 49.4 Å². The molecule has 0 bridgehead atoms. The lowest BCUT2D eigenvalue weighted by Crippen LogP contribution is -2.56. The highest BCUT2D eigenvalue weighted by Gasteiger charge is 2.30. The van der Waals surface area contributed by atoms with E-state index < -0.39 is 0 Å². The van der Waals surface area contributed by atoms with Crippen molar-refractivity contribution in [2.75, 3.05) is 19.0 Å². The van der Waals surface area contributed by atoms with E-state index in [-0.39, 0.29) is 17.9 Å². The molecule has 5 heteroatoms. The lowest BCUT2D eigenvalue weighted by Gasteiger charge is -2.34. The molecule has 1 heterocycles. The number of hydrogen-bond donors (Lipinski definition) is 1. The summed E-state index contributed by atoms with van der Waals surface area (Å²) in [4.78, 5) is 25.1. The van der Waals surface area contributed by atoms with Gasteiger partial charge in [0.05, 0.1) is 0 Å². The molecule has 1 fully saturated rings. The van der Waals surface area contributed by atoms with Crippen molar-refractivity contribution in [1.82, 2.24) is 10.2 Å². The van der Waals surface area contributed by atoms with Crippen LogP contribution in [0.1, 0.15) is 32.6 Å². The maximum absolute atomic E-state index is 11.9. The van der Waals surface area contributed by atoms with Gasteiger partial charge < -0.3 is 10.2 Å². The summed E-state index contributed by atoms with van der Waals surface area (Å²) in [6.07, 6.45) is 2.82. The van der Waals surface area contributed by atoms with Gasteiger partial charge in [-0.15, -0.1) is 11.6 Å². The van der Waals surface area contributed by atoms with E-state index in [1.807, 2.05) is 6.92 Å². The molecule has 1 aliphatic heterocycles. The van der Waals surface area contributed by atoms with Gasteiger partial charge in [0.15, 0.2) is 0 Å². The van der Waals surface area contributed by atoms with E-state index in [2.05, 4.69) is 5.32 Å². The number of hydrogen-bond acceptors (Lipinski definition) is 2. The lowest BCUT2D eigenvalue weighted by molar-refractivity contribution is -0.143. The highest BCUT2D eigenvalue weighted by Crippen LogP contribution is 2.11. The van der Waals surface area contributed by atoms with Gasteiger partial charge in [0.2, 0.25) is 11.8 Å². The summed E-state index contributed by atoms with van der Waals surface area (Å²) < 4.78 is 0. The number of nitrogens with zero attached hydrogens (tertiary/aromatic N) is 1. The maximum atomic E-state index is 11.9. The molecular formula is C11H19ClN2O2. The van der Waals surface area contributed by atoms with E-state index in [1.165, 1.54) is 0 Å². The minimum atomic E-state index is -0.280. The molecule has 16 heavy (non-hydrogen) atoms. The van der Waals surface area contributed by atoms with Gasteiger partial charge in [-0.25, -0.2) is 0 Å². The molecule has 4 nitrogen and oxygen atoms in total. The van der Waals surface area contributed by atoms with Gasteiger partial charge in [0.25, 0.3) is 0 Å². The molecule has 1 saturated heterocycles. The van der Waals surface area contributed by atoms with Crippen molar-refractivity contribution in [2.24, 2.45) is 0 Å².